The van der Waals surface area contributed by atoms with E-state index in [2.05, 4.69) is 13.8 Å². The van der Waals surface area contributed by atoms with E-state index < -0.39 is 0 Å². The molecule has 0 aliphatic carbocycles. The Morgan fingerprint density at radius 1 is 0.906 bits per heavy atom. The molecule has 0 saturated carbocycles. The predicted octanol–water partition coefficient (Wildman–Crippen LogP) is 4.21. The van der Waals surface area contributed by atoms with E-state index in [0.717, 1.165) is 5.56 Å². The summed E-state index contributed by atoms with van der Waals surface area (Å²) in [6.45, 7) is 9.31. The number of hydrogen-bond acceptors (Lipinski definition) is 5. The Balaban J connectivity index is 1.78. The van der Waals surface area contributed by atoms with Gasteiger partial charge in [0.15, 0.2) is 0 Å². The van der Waals surface area contributed by atoms with Gasteiger partial charge in [0.05, 0.1) is 30.6 Å². The van der Waals surface area contributed by atoms with Gasteiger partial charge in [-0.25, -0.2) is 4.90 Å². The summed E-state index contributed by atoms with van der Waals surface area (Å²) in [6, 6.07) is 14.9. The summed E-state index contributed by atoms with van der Waals surface area (Å²) < 4.78 is 11.1. The van der Waals surface area contributed by atoms with Crippen molar-refractivity contribution in [3.05, 3.63) is 65.4 Å². The van der Waals surface area contributed by atoms with Gasteiger partial charge in [0.2, 0.25) is 0 Å². The highest BCUT2D eigenvalue weighted by Gasteiger charge is 2.43. The van der Waals surface area contributed by atoms with Crippen LogP contribution in [0.4, 0.5) is 5.69 Å². The second kappa shape index (κ2) is 8.79. The van der Waals surface area contributed by atoms with Crippen LogP contribution >= 0.6 is 0 Å². The van der Waals surface area contributed by atoms with E-state index in [1.54, 1.807) is 7.11 Å². The number of amides is 2. The van der Waals surface area contributed by atoms with Gasteiger partial charge in [-0.15, -0.1) is 0 Å². The number of imide groups is 1. The Morgan fingerprint density at radius 2 is 1.50 bits per heavy atom. The lowest BCUT2D eigenvalue weighted by Crippen LogP contribution is -2.47. The number of hydrogen-bond donors (Lipinski definition) is 0. The molecular weight excluding hydrogens is 404 g/mol. The number of methoxy groups -OCH3 is 1. The molecule has 2 aromatic rings. The zero-order valence-electron chi connectivity index (χ0n) is 19.3. The van der Waals surface area contributed by atoms with Crippen molar-refractivity contribution < 1.29 is 19.1 Å². The molecule has 1 fully saturated rings. The number of anilines is 1. The number of morpholine rings is 1. The molecule has 1 saturated heterocycles. The zero-order chi connectivity index (χ0) is 23.0. The number of rotatable bonds is 5. The monoisotopic (exact) mass is 434 g/mol. The van der Waals surface area contributed by atoms with Crippen molar-refractivity contribution in [3.63, 3.8) is 0 Å². The maximum Gasteiger partial charge on any atom is 0.282 e. The maximum absolute atomic E-state index is 13.7. The second-order valence-corrected chi connectivity index (χ2v) is 8.81. The number of benzene rings is 2. The SMILES string of the molecule is COc1ccc(C2=C(N3CC(C)OC(C)C3)C(=O)N(c3ccc(C(C)C)cc3)C2=O)cc1. The van der Waals surface area contributed by atoms with Crippen molar-refractivity contribution in [1.29, 1.82) is 0 Å². The van der Waals surface area contributed by atoms with Gasteiger partial charge in [0.1, 0.15) is 11.4 Å². The minimum atomic E-state index is -0.306. The quantitative estimate of drug-likeness (QED) is 0.660. The molecule has 2 amide bonds. The molecule has 0 N–H and O–H groups in total. The fraction of sp³-hybridized carbons (Fsp3) is 0.385. The van der Waals surface area contributed by atoms with Gasteiger partial charge in [0, 0.05) is 13.1 Å². The van der Waals surface area contributed by atoms with Crippen LogP contribution in [0.15, 0.2) is 54.2 Å². The largest absolute Gasteiger partial charge is 0.497 e. The molecule has 2 unspecified atom stereocenters. The van der Waals surface area contributed by atoms with Crippen molar-refractivity contribution in [2.24, 2.45) is 0 Å². The van der Waals surface area contributed by atoms with Gasteiger partial charge in [0.25, 0.3) is 11.8 Å². The van der Waals surface area contributed by atoms with Crippen LogP contribution in [0.2, 0.25) is 0 Å². The molecule has 6 nitrogen and oxygen atoms in total. The molecule has 168 valence electrons. The van der Waals surface area contributed by atoms with Crippen molar-refractivity contribution in [1.82, 2.24) is 4.90 Å². The summed E-state index contributed by atoms with van der Waals surface area (Å²) >= 11 is 0. The maximum atomic E-state index is 13.7. The predicted molar refractivity (Wildman–Crippen MR) is 125 cm³/mol. The van der Waals surface area contributed by atoms with Crippen LogP contribution in [-0.4, -0.2) is 49.1 Å². The van der Waals surface area contributed by atoms with Gasteiger partial charge in [-0.3, -0.25) is 9.59 Å². The smallest absolute Gasteiger partial charge is 0.282 e. The summed E-state index contributed by atoms with van der Waals surface area (Å²) in [6.07, 6.45) is -0.0729. The molecule has 32 heavy (non-hydrogen) atoms. The van der Waals surface area contributed by atoms with Crippen LogP contribution in [0, 0.1) is 0 Å². The van der Waals surface area contributed by atoms with Gasteiger partial charge in [-0.1, -0.05) is 38.1 Å². The average molecular weight is 435 g/mol. The van der Waals surface area contributed by atoms with Gasteiger partial charge >= 0.3 is 0 Å². The summed E-state index contributed by atoms with van der Waals surface area (Å²) in [5.41, 5.74) is 3.31. The van der Waals surface area contributed by atoms with E-state index in [1.807, 2.05) is 67.3 Å². The van der Waals surface area contributed by atoms with Crippen LogP contribution in [0.5, 0.6) is 5.75 Å². The zero-order valence-corrected chi connectivity index (χ0v) is 19.3. The lowest BCUT2D eigenvalue weighted by Gasteiger charge is -2.37. The average Bonchev–Trinajstić information content (AvgIpc) is 3.03. The van der Waals surface area contributed by atoms with Gasteiger partial charge in [-0.2, -0.15) is 0 Å². The van der Waals surface area contributed by atoms with Crippen LogP contribution in [0.25, 0.3) is 5.57 Å². The van der Waals surface area contributed by atoms with Crippen LogP contribution < -0.4 is 9.64 Å². The Bertz CT molecular complexity index is 1030. The molecule has 6 heteroatoms. The normalized spacial score (nSPS) is 21.7. The summed E-state index contributed by atoms with van der Waals surface area (Å²) in [7, 11) is 1.60. The number of carbonyl (C=O) groups excluding carboxylic acids is 2. The molecule has 2 heterocycles. The van der Waals surface area contributed by atoms with Crippen LogP contribution in [0.3, 0.4) is 0 Å². The molecule has 4 rings (SSSR count). The van der Waals surface area contributed by atoms with Crippen molar-refractivity contribution in [2.45, 2.75) is 45.8 Å². The standard InChI is InChI=1S/C26H30N2O4/c1-16(2)19-6-10-21(11-7-19)28-25(29)23(20-8-12-22(31-5)13-9-20)24(26(28)30)27-14-17(3)32-18(4)15-27/h6-13,16-18H,14-15H2,1-5H3. The molecule has 2 aromatic carbocycles. The topological polar surface area (TPSA) is 59.1 Å². The van der Waals surface area contributed by atoms with Gasteiger partial charge < -0.3 is 14.4 Å². The number of carbonyl (C=O) groups is 2. The summed E-state index contributed by atoms with van der Waals surface area (Å²) in [5, 5.41) is 0. The molecule has 0 radical (unpaired) electrons. The molecule has 2 aliphatic heterocycles. The van der Waals surface area contributed by atoms with E-state index >= 15 is 0 Å². The minimum absolute atomic E-state index is 0.0364. The highest BCUT2D eigenvalue weighted by molar-refractivity contribution is 6.45. The van der Waals surface area contributed by atoms with Crippen molar-refractivity contribution >= 4 is 23.1 Å². The van der Waals surface area contributed by atoms with E-state index in [9.17, 15) is 9.59 Å². The number of ether oxygens (including phenoxy) is 2. The second-order valence-electron chi connectivity index (χ2n) is 8.81. The Labute approximate surface area is 189 Å². The highest BCUT2D eigenvalue weighted by Crippen LogP contribution is 2.36. The third-order valence-electron chi connectivity index (χ3n) is 5.99. The molecule has 0 bridgehead atoms. The van der Waals surface area contributed by atoms with E-state index in [0.29, 0.717) is 47.3 Å². The van der Waals surface area contributed by atoms with E-state index in [4.69, 9.17) is 9.47 Å². The fourth-order valence-corrected chi connectivity index (χ4v) is 4.43. The lowest BCUT2D eigenvalue weighted by atomic mass is 10.0. The van der Waals surface area contributed by atoms with Gasteiger partial charge in [-0.05, 0) is 55.2 Å². The van der Waals surface area contributed by atoms with Crippen molar-refractivity contribution in [2.75, 3.05) is 25.1 Å². The lowest BCUT2D eigenvalue weighted by molar-refractivity contribution is -0.121. The van der Waals surface area contributed by atoms with E-state index in [1.165, 1.54) is 4.90 Å². The summed E-state index contributed by atoms with van der Waals surface area (Å²) in [5.74, 6) is 0.468. The third-order valence-corrected chi connectivity index (χ3v) is 5.99. The molecule has 2 atom stereocenters. The van der Waals surface area contributed by atoms with E-state index in [-0.39, 0.29) is 24.0 Å². The highest BCUT2D eigenvalue weighted by atomic mass is 16.5. The number of nitrogens with zero attached hydrogens (tertiary/aromatic N) is 2. The first-order valence-corrected chi connectivity index (χ1v) is 11.1. The molecule has 2 aliphatic rings. The van der Waals surface area contributed by atoms with Crippen molar-refractivity contribution in [3.8, 4) is 5.75 Å². The summed E-state index contributed by atoms with van der Waals surface area (Å²) in [4.78, 5) is 30.7. The Hall–Kier alpha value is -3.12. The first-order valence-electron chi connectivity index (χ1n) is 11.1. The first-order chi connectivity index (χ1) is 15.3. The first kappa shape index (κ1) is 22.1. The Morgan fingerprint density at radius 3 is 2.03 bits per heavy atom. The molecule has 0 spiro atoms. The van der Waals surface area contributed by atoms with Crippen LogP contribution in [0.1, 0.15) is 44.7 Å². The van der Waals surface area contributed by atoms with Crippen LogP contribution in [-0.2, 0) is 14.3 Å². The molecule has 0 aromatic heterocycles. The fourth-order valence-electron chi connectivity index (χ4n) is 4.43. The molecular formula is C26H30N2O4. The Kier molecular flexibility index (Phi) is 6.07. The minimum Gasteiger partial charge on any atom is -0.497 e. The third kappa shape index (κ3) is 4.02.